The summed E-state index contributed by atoms with van der Waals surface area (Å²) in [6.07, 6.45) is 0. The third-order valence-corrected chi connectivity index (χ3v) is 4.54. The van der Waals surface area contributed by atoms with Crippen molar-refractivity contribution in [2.75, 3.05) is 5.84 Å². The number of thioether (sulfide) groups is 1. The Morgan fingerprint density at radius 2 is 2.15 bits per heavy atom. The molecule has 2 N–H and O–H groups in total. The summed E-state index contributed by atoms with van der Waals surface area (Å²) < 4.78 is 14.6. The van der Waals surface area contributed by atoms with Gasteiger partial charge in [-0.25, -0.2) is 9.07 Å². The van der Waals surface area contributed by atoms with Crippen molar-refractivity contribution in [3.05, 3.63) is 53.2 Å². The fourth-order valence-corrected chi connectivity index (χ4v) is 3.23. The van der Waals surface area contributed by atoms with Crippen LogP contribution >= 0.6 is 23.1 Å². The maximum Gasteiger partial charge on any atom is 0.210 e. The second-order valence-electron chi connectivity index (χ2n) is 4.07. The highest BCUT2D eigenvalue weighted by Gasteiger charge is 2.12. The van der Waals surface area contributed by atoms with Gasteiger partial charge in [0.2, 0.25) is 5.16 Å². The molecule has 2 heterocycles. The molecule has 20 heavy (non-hydrogen) atoms. The van der Waals surface area contributed by atoms with Crippen LogP contribution in [0.4, 0.5) is 4.39 Å². The lowest BCUT2D eigenvalue weighted by Crippen LogP contribution is -2.11. The summed E-state index contributed by atoms with van der Waals surface area (Å²) in [7, 11) is 0. The van der Waals surface area contributed by atoms with Crippen LogP contribution in [0.2, 0.25) is 0 Å². The Balaban J connectivity index is 1.76. The van der Waals surface area contributed by atoms with E-state index in [2.05, 4.69) is 10.2 Å². The first-order valence-electron chi connectivity index (χ1n) is 5.85. The Bertz CT molecular complexity index is 709. The quantitative estimate of drug-likeness (QED) is 0.594. The number of hydrogen-bond donors (Lipinski definition) is 1. The topological polar surface area (TPSA) is 56.7 Å². The van der Waals surface area contributed by atoms with Gasteiger partial charge < -0.3 is 5.84 Å². The highest BCUT2D eigenvalue weighted by molar-refractivity contribution is 7.98. The molecule has 0 spiro atoms. The van der Waals surface area contributed by atoms with Crippen molar-refractivity contribution in [2.24, 2.45) is 0 Å². The number of nitrogen functional groups attached to an aromatic ring is 1. The maximum absolute atomic E-state index is 13.1. The predicted molar refractivity (Wildman–Crippen MR) is 79.4 cm³/mol. The SMILES string of the molecule is Nn1c(SCc2cccc(F)c2)nnc1-c1cccs1. The van der Waals surface area contributed by atoms with E-state index < -0.39 is 0 Å². The first-order chi connectivity index (χ1) is 9.74. The fraction of sp³-hybridized carbons (Fsp3) is 0.0769. The molecule has 4 nitrogen and oxygen atoms in total. The van der Waals surface area contributed by atoms with E-state index in [4.69, 9.17) is 5.84 Å². The first kappa shape index (κ1) is 13.1. The number of benzene rings is 1. The zero-order chi connectivity index (χ0) is 13.9. The van der Waals surface area contributed by atoms with Gasteiger partial charge in [0, 0.05) is 5.75 Å². The molecule has 0 unspecified atom stereocenters. The molecule has 3 aromatic rings. The van der Waals surface area contributed by atoms with Gasteiger partial charge in [0.15, 0.2) is 5.82 Å². The first-order valence-corrected chi connectivity index (χ1v) is 7.72. The number of hydrogen-bond acceptors (Lipinski definition) is 5. The molecule has 0 saturated heterocycles. The largest absolute Gasteiger partial charge is 0.335 e. The Morgan fingerprint density at radius 1 is 1.25 bits per heavy atom. The standard InChI is InChI=1S/C13H11FN4S2/c14-10-4-1-3-9(7-10)8-20-13-17-16-12(18(13)15)11-5-2-6-19-11/h1-7H,8,15H2. The van der Waals surface area contributed by atoms with Crippen LogP contribution in [-0.4, -0.2) is 14.9 Å². The lowest BCUT2D eigenvalue weighted by molar-refractivity contribution is 0.626. The van der Waals surface area contributed by atoms with Gasteiger partial charge in [0.25, 0.3) is 0 Å². The molecule has 0 fully saturated rings. The van der Waals surface area contributed by atoms with Crippen molar-refractivity contribution in [1.29, 1.82) is 0 Å². The van der Waals surface area contributed by atoms with Gasteiger partial charge in [0.05, 0.1) is 4.88 Å². The van der Waals surface area contributed by atoms with Crippen LogP contribution in [-0.2, 0) is 5.75 Å². The van der Waals surface area contributed by atoms with E-state index in [1.165, 1.54) is 28.6 Å². The van der Waals surface area contributed by atoms with Crippen LogP contribution in [0.3, 0.4) is 0 Å². The van der Waals surface area contributed by atoms with Crippen molar-refractivity contribution in [1.82, 2.24) is 14.9 Å². The minimum atomic E-state index is -0.239. The Labute approximate surface area is 123 Å². The van der Waals surface area contributed by atoms with Gasteiger partial charge in [0.1, 0.15) is 5.82 Å². The van der Waals surface area contributed by atoms with E-state index in [1.54, 1.807) is 17.4 Å². The molecule has 0 atom stereocenters. The molecule has 0 amide bonds. The molecule has 0 aliphatic rings. The molecule has 1 aromatic carbocycles. The molecular weight excluding hydrogens is 295 g/mol. The molecule has 7 heteroatoms. The molecular formula is C13H11FN4S2. The van der Waals surface area contributed by atoms with Crippen LogP contribution < -0.4 is 5.84 Å². The number of rotatable bonds is 4. The van der Waals surface area contributed by atoms with Crippen LogP contribution in [0.5, 0.6) is 0 Å². The minimum absolute atomic E-state index is 0.239. The summed E-state index contributed by atoms with van der Waals surface area (Å²) in [5.74, 6) is 6.99. The number of aromatic nitrogens is 3. The normalized spacial score (nSPS) is 10.8. The zero-order valence-corrected chi connectivity index (χ0v) is 12.0. The Morgan fingerprint density at radius 3 is 2.90 bits per heavy atom. The molecule has 3 rings (SSSR count). The van der Waals surface area contributed by atoms with E-state index in [1.807, 2.05) is 23.6 Å². The lowest BCUT2D eigenvalue weighted by Gasteiger charge is -2.02. The Kier molecular flexibility index (Phi) is 3.70. The van der Waals surface area contributed by atoms with Gasteiger partial charge in [-0.2, -0.15) is 0 Å². The number of halogens is 1. The smallest absolute Gasteiger partial charge is 0.210 e. The van der Waals surface area contributed by atoms with Crippen molar-refractivity contribution in [3.63, 3.8) is 0 Å². The minimum Gasteiger partial charge on any atom is -0.335 e. The number of thiophene rings is 1. The third-order valence-electron chi connectivity index (χ3n) is 2.66. The van der Waals surface area contributed by atoms with Gasteiger partial charge in [-0.1, -0.05) is 30.0 Å². The van der Waals surface area contributed by atoms with Gasteiger partial charge in [-0.15, -0.1) is 21.5 Å². The summed E-state index contributed by atoms with van der Waals surface area (Å²) in [4.78, 5) is 0.970. The van der Waals surface area contributed by atoms with Gasteiger partial charge in [-0.05, 0) is 29.1 Å². The van der Waals surface area contributed by atoms with Crippen molar-refractivity contribution >= 4 is 23.1 Å². The summed E-state index contributed by atoms with van der Waals surface area (Å²) in [5, 5.41) is 10.7. The van der Waals surface area contributed by atoms with Crippen LogP contribution in [0.1, 0.15) is 5.56 Å². The predicted octanol–water partition coefficient (Wildman–Crippen LogP) is 3.15. The molecule has 0 bridgehead atoms. The highest BCUT2D eigenvalue weighted by atomic mass is 32.2. The van der Waals surface area contributed by atoms with E-state index in [0.29, 0.717) is 16.7 Å². The van der Waals surface area contributed by atoms with Crippen LogP contribution in [0.15, 0.2) is 46.9 Å². The van der Waals surface area contributed by atoms with Gasteiger partial charge in [-0.3, -0.25) is 0 Å². The third kappa shape index (κ3) is 2.68. The molecule has 0 aliphatic heterocycles. The average molecular weight is 306 g/mol. The number of nitrogens with two attached hydrogens (primary N) is 1. The van der Waals surface area contributed by atoms with E-state index in [-0.39, 0.29) is 5.82 Å². The summed E-state index contributed by atoms with van der Waals surface area (Å²) >= 11 is 2.99. The fourth-order valence-electron chi connectivity index (χ4n) is 1.72. The second kappa shape index (κ2) is 5.64. The average Bonchev–Trinajstić information content (AvgIpc) is 3.06. The monoisotopic (exact) mass is 306 g/mol. The Hall–Kier alpha value is -1.86. The summed E-state index contributed by atoms with van der Waals surface area (Å²) in [6.45, 7) is 0. The summed E-state index contributed by atoms with van der Waals surface area (Å²) in [6, 6.07) is 10.4. The lowest BCUT2D eigenvalue weighted by atomic mass is 10.2. The number of nitrogens with zero attached hydrogens (tertiary/aromatic N) is 3. The van der Waals surface area contributed by atoms with E-state index in [0.717, 1.165) is 10.4 Å². The van der Waals surface area contributed by atoms with E-state index >= 15 is 0 Å². The molecule has 2 aromatic heterocycles. The zero-order valence-electron chi connectivity index (χ0n) is 10.4. The molecule has 102 valence electrons. The van der Waals surface area contributed by atoms with Crippen LogP contribution in [0.25, 0.3) is 10.7 Å². The molecule has 0 saturated carbocycles. The van der Waals surface area contributed by atoms with Crippen molar-refractivity contribution < 1.29 is 4.39 Å². The molecule has 0 radical (unpaired) electrons. The maximum atomic E-state index is 13.1. The molecule has 0 aliphatic carbocycles. The van der Waals surface area contributed by atoms with E-state index in [9.17, 15) is 4.39 Å². The van der Waals surface area contributed by atoms with Crippen molar-refractivity contribution in [3.8, 4) is 10.7 Å². The second-order valence-corrected chi connectivity index (χ2v) is 5.96. The summed E-state index contributed by atoms with van der Waals surface area (Å²) in [5.41, 5.74) is 0.885. The van der Waals surface area contributed by atoms with Crippen LogP contribution in [0, 0.1) is 5.82 Å². The van der Waals surface area contributed by atoms with Gasteiger partial charge >= 0.3 is 0 Å². The van der Waals surface area contributed by atoms with Crippen molar-refractivity contribution in [2.45, 2.75) is 10.9 Å². The highest BCUT2D eigenvalue weighted by Crippen LogP contribution is 2.26.